The molecule has 71 heavy (non-hydrogen) atoms. The number of hydrogen-bond acceptors (Lipinski definition) is 10. The van der Waals surface area contributed by atoms with Gasteiger partial charge in [-0.1, -0.05) is 91.5 Å². The van der Waals surface area contributed by atoms with E-state index in [-0.39, 0.29) is 60.8 Å². The first-order valence-corrected chi connectivity index (χ1v) is 26.5. The van der Waals surface area contributed by atoms with Crippen LogP contribution in [-0.4, -0.2) is 66.5 Å². The molecule has 4 amide bonds. The van der Waals surface area contributed by atoms with Crippen molar-refractivity contribution in [3.8, 4) is 5.75 Å². The van der Waals surface area contributed by atoms with Gasteiger partial charge in [-0.15, -0.1) is 0 Å². The molecule has 3 saturated carbocycles. The van der Waals surface area contributed by atoms with Gasteiger partial charge < -0.3 is 35.5 Å². The number of nitro groups is 1. The molecule has 9 atom stereocenters. The molecule has 0 unspecified atom stereocenters. The number of fused-ring (bicyclic) bond motifs is 5. The van der Waals surface area contributed by atoms with Crippen LogP contribution in [0.2, 0.25) is 0 Å². The molecule has 4 N–H and O–H groups in total. The number of anilines is 1. The van der Waals surface area contributed by atoms with Gasteiger partial charge in [0.05, 0.1) is 17.6 Å². The summed E-state index contributed by atoms with van der Waals surface area (Å²) in [5.41, 5.74) is 3.29. The highest BCUT2D eigenvalue weighted by molar-refractivity contribution is 5.96. The van der Waals surface area contributed by atoms with Crippen LogP contribution in [0, 0.1) is 62.4 Å². The zero-order valence-electron chi connectivity index (χ0n) is 43.4. The molecular formula is C56H81N5O10. The number of nitrogens with one attached hydrogen (secondary N) is 4. The number of allylic oxidation sites excluding steroid dienone is 1. The maximum Gasteiger partial charge on any atom is 0.514 e. The van der Waals surface area contributed by atoms with Crippen LogP contribution in [0.3, 0.4) is 0 Å². The van der Waals surface area contributed by atoms with Crippen LogP contribution in [0.4, 0.5) is 16.2 Å². The van der Waals surface area contributed by atoms with Gasteiger partial charge in [-0.25, -0.2) is 4.79 Å². The summed E-state index contributed by atoms with van der Waals surface area (Å²) in [7, 11) is 0. The SMILES string of the molecule is CC(C)CCC[C@@H](C)[C@H]1CC[C@H]2[C@@H]3CC=C4C[C@@H](OCCCNC(=O)CCC(=O)N[C@@H](CC(C)C)C(=O)NCC(=O)Nc5ccc(COC(=O)Oc6ccc([N+](=O)[O-])cc6)cc5)CC[C@]4(C)[C@H]3CC[C@]12C. The maximum absolute atomic E-state index is 13.1. The monoisotopic (exact) mass is 984 g/mol. The number of nitro benzene ring substituents is 1. The Balaban J connectivity index is 0.838. The van der Waals surface area contributed by atoms with Crippen molar-refractivity contribution in [3.63, 3.8) is 0 Å². The van der Waals surface area contributed by atoms with Gasteiger partial charge >= 0.3 is 6.16 Å². The number of carbonyl (C=O) groups is 5. The highest BCUT2D eigenvalue weighted by Crippen LogP contribution is 2.67. The van der Waals surface area contributed by atoms with Crippen LogP contribution in [0.15, 0.2) is 60.2 Å². The Bertz CT molecular complexity index is 2180. The fourth-order valence-electron chi connectivity index (χ4n) is 12.7. The van der Waals surface area contributed by atoms with Crippen molar-refractivity contribution in [1.82, 2.24) is 16.0 Å². The highest BCUT2D eigenvalue weighted by atomic mass is 16.7. The van der Waals surface area contributed by atoms with Gasteiger partial charge in [0.2, 0.25) is 23.6 Å². The fourth-order valence-corrected chi connectivity index (χ4v) is 12.7. The molecule has 0 radical (unpaired) electrons. The number of ether oxygens (including phenoxy) is 3. The Morgan fingerprint density at radius 1 is 0.803 bits per heavy atom. The Labute approximate surface area is 421 Å². The topological polar surface area (TPSA) is 204 Å². The van der Waals surface area contributed by atoms with Crippen molar-refractivity contribution < 1.29 is 43.1 Å². The largest absolute Gasteiger partial charge is 0.514 e. The molecule has 15 nitrogen and oxygen atoms in total. The first-order valence-electron chi connectivity index (χ1n) is 26.5. The molecule has 6 rings (SSSR count). The normalized spacial score (nSPS) is 25.4. The Morgan fingerprint density at radius 3 is 2.24 bits per heavy atom. The van der Waals surface area contributed by atoms with Crippen LogP contribution in [0.25, 0.3) is 0 Å². The van der Waals surface area contributed by atoms with E-state index in [1.165, 1.54) is 82.1 Å². The van der Waals surface area contributed by atoms with Crippen LogP contribution in [0.5, 0.6) is 5.75 Å². The van der Waals surface area contributed by atoms with E-state index in [0.717, 1.165) is 48.3 Å². The molecule has 3 fully saturated rings. The lowest BCUT2D eigenvalue weighted by Crippen LogP contribution is -2.51. The molecule has 0 spiro atoms. The molecule has 0 heterocycles. The summed E-state index contributed by atoms with van der Waals surface area (Å²) in [6.07, 6.45) is 16.9. The number of non-ortho nitro benzene ring substituents is 1. The number of hydrogen-bond donors (Lipinski definition) is 4. The van der Waals surface area contributed by atoms with E-state index in [1.54, 1.807) is 29.8 Å². The summed E-state index contributed by atoms with van der Waals surface area (Å²) in [4.78, 5) is 73.8. The van der Waals surface area contributed by atoms with E-state index in [4.69, 9.17) is 14.2 Å². The molecule has 2 aromatic carbocycles. The Kier molecular flexibility index (Phi) is 19.7. The first-order chi connectivity index (χ1) is 33.8. The summed E-state index contributed by atoms with van der Waals surface area (Å²) in [5, 5.41) is 21.7. The van der Waals surface area contributed by atoms with Crippen LogP contribution in [-0.2, 0) is 35.3 Å². The average molecular weight is 984 g/mol. The lowest BCUT2D eigenvalue weighted by molar-refractivity contribution is -0.384. The van der Waals surface area contributed by atoms with Gasteiger partial charge in [0, 0.05) is 43.8 Å². The average Bonchev–Trinajstić information content (AvgIpc) is 3.69. The maximum atomic E-state index is 13.1. The molecular weight excluding hydrogens is 903 g/mol. The van der Waals surface area contributed by atoms with Crippen molar-refractivity contribution in [3.05, 3.63) is 75.9 Å². The highest BCUT2D eigenvalue weighted by Gasteiger charge is 2.59. The summed E-state index contributed by atoms with van der Waals surface area (Å²) in [6, 6.07) is 10.6. The molecule has 0 bridgehead atoms. The zero-order chi connectivity index (χ0) is 51.3. The van der Waals surface area contributed by atoms with Gasteiger partial charge in [-0.2, -0.15) is 0 Å². The van der Waals surface area contributed by atoms with Crippen LogP contribution >= 0.6 is 0 Å². The van der Waals surface area contributed by atoms with Gasteiger partial charge in [0.25, 0.3) is 5.69 Å². The number of rotatable bonds is 24. The van der Waals surface area contributed by atoms with Crippen LogP contribution in [0.1, 0.15) is 150 Å². The van der Waals surface area contributed by atoms with Crippen molar-refractivity contribution in [2.75, 3.05) is 25.0 Å². The number of amides is 4. The predicted molar refractivity (Wildman–Crippen MR) is 273 cm³/mol. The van der Waals surface area contributed by atoms with E-state index in [0.29, 0.717) is 42.7 Å². The van der Waals surface area contributed by atoms with E-state index >= 15 is 0 Å². The third kappa shape index (κ3) is 15.1. The lowest BCUT2D eigenvalue weighted by atomic mass is 9.47. The van der Waals surface area contributed by atoms with Crippen molar-refractivity contribution in [2.24, 2.45) is 52.3 Å². The molecule has 4 aliphatic rings. The zero-order valence-corrected chi connectivity index (χ0v) is 43.4. The van der Waals surface area contributed by atoms with E-state index in [2.05, 4.69) is 62.0 Å². The van der Waals surface area contributed by atoms with Crippen molar-refractivity contribution >= 4 is 41.2 Å². The molecule has 4 aliphatic carbocycles. The second-order valence-electron chi connectivity index (χ2n) is 22.3. The minimum atomic E-state index is -0.993. The van der Waals surface area contributed by atoms with E-state index in [9.17, 15) is 34.1 Å². The second-order valence-corrected chi connectivity index (χ2v) is 22.3. The Morgan fingerprint density at radius 2 is 1.54 bits per heavy atom. The minimum Gasteiger partial charge on any atom is -0.429 e. The third-order valence-corrected chi connectivity index (χ3v) is 16.5. The lowest BCUT2D eigenvalue weighted by Gasteiger charge is -2.58. The van der Waals surface area contributed by atoms with E-state index < -0.39 is 34.8 Å². The van der Waals surface area contributed by atoms with Gasteiger partial charge in [-0.3, -0.25) is 29.3 Å². The number of benzene rings is 2. The molecule has 15 heteroatoms. The molecule has 390 valence electrons. The molecule has 0 aromatic heterocycles. The minimum absolute atomic E-state index is 0.0161. The molecule has 2 aromatic rings. The Hall–Kier alpha value is -5.31. The third-order valence-electron chi connectivity index (χ3n) is 16.5. The summed E-state index contributed by atoms with van der Waals surface area (Å²) < 4.78 is 16.5. The first kappa shape index (κ1) is 55.0. The van der Waals surface area contributed by atoms with Crippen molar-refractivity contribution in [1.29, 1.82) is 0 Å². The number of nitrogens with zero attached hydrogens (tertiary/aromatic N) is 1. The number of carbonyl (C=O) groups excluding carboxylic acids is 5. The van der Waals surface area contributed by atoms with E-state index in [1.807, 2.05) is 13.8 Å². The standard InChI is InChI=1S/C56H81N5O10/c1-36(2)10-8-11-38(5)46-22-23-47-45-21-14-40-33-44(26-28-55(40,6)48(45)27-29-56(46,47)7)69-31-9-30-57-50(62)24-25-51(63)60-49(32-37(3)4)53(65)58-34-52(64)59-41-15-12-39(13-16-41)35-70-54(66)71-43-19-17-42(18-20-43)61(67)68/h12-20,36-38,44-49H,8-11,21-35H2,1-7H3,(H,57,62)(H,58,65)(H,59,64)(H,60,63)/t38-,44+,45+,46-,47+,48+,49+,55+,56-/m1/s1. The van der Waals surface area contributed by atoms with Gasteiger partial charge in [-0.05, 0) is 146 Å². The smallest absolute Gasteiger partial charge is 0.429 e. The quantitative estimate of drug-likeness (QED) is 0.0196. The summed E-state index contributed by atoms with van der Waals surface area (Å²) in [5.74, 6) is 3.42. The predicted octanol–water partition coefficient (Wildman–Crippen LogP) is 10.6. The fraction of sp³-hybridized carbons (Fsp3) is 0.661. The van der Waals surface area contributed by atoms with Crippen LogP contribution < -0.4 is 26.0 Å². The van der Waals surface area contributed by atoms with Gasteiger partial charge in [0.1, 0.15) is 18.4 Å². The molecule has 0 aliphatic heterocycles. The van der Waals surface area contributed by atoms with Gasteiger partial charge in [0.15, 0.2) is 0 Å². The second kappa shape index (κ2) is 25.4. The molecule has 0 saturated heterocycles. The summed E-state index contributed by atoms with van der Waals surface area (Å²) >= 11 is 0. The van der Waals surface area contributed by atoms with Crippen molar-refractivity contribution in [2.45, 2.75) is 164 Å². The summed E-state index contributed by atoms with van der Waals surface area (Å²) in [6.45, 7) is 16.9.